The second-order valence-corrected chi connectivity index (χ2v) is 9.21. The molecule has 3 rings (SSSR count). The molecule has 2 aliphatic rings. The van der Waals surface area contributed by atoms with E-state index >= 15 is 0 Å². The van der Waals surface area contributed by atoms with Gasteiger partial charge < -0.3 is 10.8 Å². The molecule has 13 heteroatoms. The van der Waals surface area contributed by atoms with Gasteiger partial charge in [-0.2, -0.15) is 26.3 Å². The van der Waals surface area contributed by atoms with E-state index in [1.54, 1.807) is 52.1 Å². The van der Waals surface area contributed by atoms with Crippen molar-refractivity contribution in [2.24, 2.45) is 21.6 Å². The van der Waals surface area contributed by atoms with E-state index in [1.165, 1.54) is 4.90 Å². The molecular formula is C22H25F6N3O4. The number of alkyl halides is 6. The Morgan fingerprint density at radius 1 is 1.11 bits per heavy atom. The summed E-state index contributed by atoms with van der Waals surface area (Å²) in [5.41, 5.74) is 2.86. The van der Waals surface area contributed by atoms with Gasteiger partial charge in [-0.1, -0.05) is 24.3 Å². The minimum absolute atomic E-state index is 0.0716. The first-order valence-corrected chi connectivity index (χ1v) is 10.3. The quantitative estimate of drug-likeness (QED) is 0.600. The van der Waals surface area contributed by atoms with Gasteiger partial charge in [-0.05, 0) is 44.7 Å². The highest BCUT2D eigenvalue weighted by atomic mass is 19.4. The molecule has 1 aromatic carbocycles. The molecule has 0 bridgehead atoms. The van der Waals surface area contributed by atoms with Crippen LogP contribution in [0.1, 0.15) is 44.7 Å². The summed E-state index contributed by atoms with van der Waals surface area (Å²) < 4.78 is 71.4. The van der Waals surface area contributed by atoms with E-state index < -0.39 is 40.5 Å². The molecule has 0 radical (unpaired) electrons. The molecule has 0 spiro atoms. The van der Waals surface area contributed by atoms with E-state index in [-0.39, 0.29) is 31.1 Å². The zero-order valence-electron chi connectivity index (χ0n) is 19.3. The number of carbonyl (C=O) groups excluding carboxylic acids is 2. The van der Waals surface area contributed by atoms with Gasteiger partial charge >= 0.3 is 18.3 Å². The predicted octanol–water partition coefficient (Wildman–Crippen LogP) is 3.80. The van der Waals surface area contributed by atoms with E-state index in [2.05, 4.69) is 4.99 Å². The summed E-state index contributed by atoms with van der Waals surface area (Å²) in [6, 6.07) is 6.69. The molecule has 194 valence electrons. The van der Waals surface area contributed by atoms with Crippen LogP contribution in [0.3, 0.4) is 0 Å². The minimum atomic E-state index is -5.08. The highest BCUT2D eigenvalue weighted by Crippen LogP contribution is 2.58. The molecule has 35 heavy (non-hydrogen) atoms. The number of hydrogen-bond acceptors (Lipinski definition) is 5. The van der Waals surface area contributed by atoms with Crippen molar-refractivity contribution in [3.63, 3.8) is 0 Å². The summed E-state index contributed by atoms with van der Waals surface area (Å²) in [5.74, 6) is -3.71. The van der Waals surface area contributed by atoms with Crippen LogP contribution in [-0.4, -0.2) is 53.0 Å². The molecule has 1 amide bonds. The summed E-state index contributed by atoms with van der Waals surface area (Å²) in [7, 11) is 1.55. The number of amides is 1. The van der Waals surface area contributed by atoms with Crippen molar-refractivity contribution in [1.29, 1.82) is 0 Å². The summed E-state index contributed by atoms with van der Waals surface area (Å²) in [5, 5.41) is 7.12. The lowest BCUT2D eigenvalue weighted by atomic mass is 9.67. The third-order valence-corrected chi connectivity index (χ3v) is 6.66. The van der Waals surface area contributed by atoms with Crippen LogP contribution in [0.25, 0.3) is 0 Å². The van der Waals surface area contributed by atoms with Gasteiger partial charge in [0.2, 0.25) is 5.91 Å². The van der Waals surface area contributed by atoms with E-state index in [0.717, 1.165) is 0 Å². The Bertz CT molecular complexity index is 1060. The maximum absolute atomic E-state index is 13.2. The summed E-state index contributed by atoms with van der Waals surface area (Å²) in [6.45, 7) is 5.27. The SMILES string of the molecule is CN1C(=O)C(C)(C)[C@@](C)(c2cccc(CC(=O)C3(C(F)(F)F)CC3)c2)N=C1N.O=C(O)C(F)(F)F. The monoisotopic (exact) mass is 509 g/mol. The number of guanidine groups is 1. The van der Waals surface area contributed by atoms with E-state index in [0.29, 0.717) is 11.1 Å². The Morgan fingerprint density at radius 3 is 2.06 bits per heavy atom. The van der Waals surface area contributed by atoms with Crippen LogP contribution >= 0.6 is 0 Å². The Labute approximate surface area is 197 Å². The van der Waals surface area contributed by atoms with Crippen molar-refractivity contribution in [3.05, 3.63) is 35.4 Å². The van der Waals surface area contributed by atoms with E-state index in [1.807, 2.05) is 0 Å². The average molecular weight is 509 g/mol. The standard InChI is InChI=1S/C20H24F3N3O2.C2HF3O2/c1-17(2)15(28)26(4)16(24)25-18(17,3)13-7-5-6-12(10-13)11-14(27)19(8-9-19)20(21,22)23;3-2(4,5)1(6)7/h5-7,10H,8-9,11H2,1-4H3,(H2,24,25);(H,6,7)/t18-;/m1./s1. The van der Waals surface area contributed by atoms with Gasteiger partial charge in [0.15, 0.2) is 11.7 Å². The van der Waals surface area contributed by atoms with Crippen molar-refractivity contribution < 1.29 is 45.8 Å². The van der Waals surface area contributed by atoms with Crippen LogP contribution in [0, 0.1) is 10.8 Å². The lowest BCUT2D eigenvalue weighted by molar-refractivity contribution is -0.193. The Balaban J connectivity index is 0.000000540. The number of nitrogens with zero attached hydrogens (tertiary/aromatic N) is 2. The zero-order valence-corrected chi connectivity index (χ0v) is 19.3. The number of nitrogens with two attached hydrogens (primary N) is 1. The molecule has 0 aromatic heterocycles. The smallest absolute Gasteiger partial charge is 0.475 e. The molecule has 3 N–H and O–H groups in total. The normalized spacial score (nSPS) is 23.1. The zero-order chi connectivity index (χ0) is 27.2. The van der Waals surface area contributed by atoms with Crippen LogP contribution in [0.5, 0.6) is 0 Å². The largest absolute Gasteiger partial charge is 0.490 e. The van der Waals surface area contributed by atoms with Gasteiger partial charge in [-0.15, -0.1) is 0 Å². The average Bonchev–Trinajstić information content (AvgIpc) is 3.53. The van der Waals surface area contributed by atoms with Crippen molar-refractivity contribution >= 4 is 23.6 Å². The Kier molecular flexibility index (Phi) is 7.09. The lowest BCUT2D eigenvalue weighted by Gasteiger charge is -2.46. The minimum Gasteiger partial charge on any atom is -0.475 e. The second kappa shape index (κ2) is 8.83. The fraction of sp³-hybridized carbons (Fsp3) is 0.545. The first-order chi connectivity index (χ1) is 15.7. The van der Waals surface area contributed by atoms with Gasteiger partial charge in [0.25, 0.3) is 0 Å². The number of rotatable bonds is 4. The van der Waals surface area contributed by atoms with Gasteiger partial charge in [0.1, 0.15) is 11.0 Å². The second-order valence-electron chi connectivity index (χ2n) is 9.21. The van der Waals surface area contributed by atoms with Crippen LogP contribution < -0.4 is 5.73 Å². The summed E-state index contributed by atoms with van der Waals surface area (Å²) in [4.78, 5) is 39.8. The highest BCUT2D eigenvalue weighted by molar-refractivity contribution is 6.01. The van der Waals surface area contributed by atoms with Crippen LogP contribution in [0.2, 0.25) is 0 Å². The molecule has 1 atom stereocenters. The first kappa shape index (κ1) is 28.1. The fourth-order valence-corrected chi connectivity index (χ4v) is 3.78. The number of aliphatic carboxylic acids is 1. The third-order valence-electron chi connectivity index (χ3n) is 6.66. The number of halogens is 6. The van der Waals surface area contributed by atoms with Crippen molar-refractivity contribution in [3.8, 4) is 0 Å². The molecule has 0 unspecified atom stereocenters. The van der Waals surface area contributed by atoms with Crippen molar-refractivity contribution in [2.75, 3.05) is 7.05 Å². The molecule has 1 aliphatic carbocycles. The molecule has 1 saturated carbocycles. The van der Waals surface area contributed by atoms with Gasteiger partial charge in [0, 0.05) is 13.5 Å². The van der Waals surface area contributed by atoms with Crippen molar-refractivity contribution in [1.82, 2.24) is 4.90 Å². The predicted molar refractivity (Wildman–Crippen MR) is 112 cm³/mol. The van der Waals surface area contributed by atoms with Gasteiger partial charge in [-0.25, -0.2) is 9.79 Å². The Morgan fingerprint density at radius 2 is 1.63 bits per heavy atom. The van der Waals surface area contributed by atoms with E-state index in [9.17, 15) is 35.9 Å². The highest BCUT2D eigenvalue weighted by Gasteiger charge is 2.67. The fourth-order valence-electron chi connectivity index (χ4n) is 3.78. The number of carboxylic acids is 1. The van der Waals surface area contributed by atoms with Crippen LogP contribution in [0.15, 0.2) is 29.3 Å². The molecule has 1 fully saturated rings. The third kappa shape index (κ3) is 5.13. The summed E-state index contributed by atoms with van der Waals surface area (Å²) in [6.07, 6.45) is -10.2. The lowest BCUT2D eigenvalue weighted by Crippen LogP contribution is -2.58. The number of ketones is 1. The maximum Gasteiger partial charge on any atom is 0.490 e. The number of hydrogen-bond donors (Lipinski definition) is 2. The molecule has 1 aliphatic heterocycles. The Hall–Kier alpha value is -3.12. The van der Waals surface area contributed by atoms with Crippen LogP contribution in [-0.2, 0) is 26.3 Å². The number of carbonyl (C=O) groups is 3. The van der Waals surface area contributed by atoms with E-state index in [4.69, 9.17) is 15.6 Å². The number of Topliss-reactive ketones (excluding diaryl/α,β-unsaturated/α-hetero) is 1. The summed E-state index contributed by atoms with van der Waals surface area (Å²) >= 11 is 0. The molecular weight excluding hydrogens is 484 g/mol. The molecule has 7 nitrogen and oxygen atoms in total. The maximum atomic E-state index is 13.2. The molecule has 1 heterocycles. The van der Waals surface area contributed by atoms with Gasteiger partial charge in [0.05, 0.1) is 5.41 Å². The number of carboxylic acid groups (broad SMARTS) is 1. The molecule has 1 aromatic rings. The van der Waals surface area contributed by atoms with Crippen LogP contribution in [0.4, 0.5) is 26.3 Å². The number of benzene rings is 1. The van der Waals surface area contributed by atoms with Crippen molar-refractivity contribution in [2.45, 2.75) is 57.9 Å². The number of aliphatic imine (C=N–C) groups is 1. The van der Waals surface area contributed by atoms with Gasteiger partial charge in [-0.3, -0.25) is 14.5 Å². The topological polar surface area (TPSA) is 113 Å². The first-order valence-electron chi connectivity index (χ1n) is 10.3. The molecule has 0 saturated heterocycles.